The first kappa shape index (κ1) is 14.5. The Labute approximate surface area is 127 Å². The van der Waals surface area contributed by atoms with Gasteiger partial charge >= 0.3 is 0 Å². The van der Waals surface area contributed by atoms with Gasteiger partial charge in [-0.05, 0) is 51.3 Å². The van der Waals surface area contributed by atoms with Crippen molar-refractivity contribution in [1.29, 1.82) is 0 Å². The summed E-state index contributed by atoms with van der Waals surface area (Å²) in [4.78, 5) is 21.1. The van der Waals surface area contributed by atoms with Crippen molar-refractivity contribution >= 4 is 5.91 Å². The van der Waals surface area contributed by atoms with Crippen molar-refractivity contribution in [2.75, 3.05) is 19.6 Å². The van der Waals surface area contributed by atoms with Crippen molar-refractivity contribution in [3.8, 4) is 0 Å². The van der Waals surface area contributed by atoms with Gasteiger partial charge in [0, 0.05) is 37.8 Å². The molecular formula is C17H25N3O. The summed E-state index contributed by atoms with van der Waals surface area (Å²) in [5.74, 6) is 0.357. The van der Waals surface area contributed by atoms with E-state index in [-0.39, 0.29) is 5.54 Å². The van der Waals surface area contributed by atoms with Crippen LogP contribution >= 0.6 is 0 Å². The first-order valence-corrected chi connectivity index (χ1v) is 8.16. The van der Waals surface area contributed by atoms with E-state index in [2.05, 4.69) is 33.8 Å². The Kier molecular flexibility index (Phi) is 4.24. The Morgan fingerprint density at radius 3 is 2.90 bits per heavy atom. The molecule has 0 saturated carbocycles. The minimum atomic E-state index is 0.144. The number of carbonyl (C=O) groups is 1. The maximum Gasteiger partial charge on any atom is 0.223 e. The number of rotatable bonds is 3. The fourth-order valence-corrected chi connectivity index (χ4v) is 4.02. The number of hydrogen-bond acceptors (Lipinski definition) is 3. The van der Waals surface area contributed by atoms with Crippen molar-refractivity contribution in [2.45, 2.75) is 51.1 Å². The van der Waals surface area contributed by atoms with Gasteiger partial charge < -0.3 is 4.90 Å². The number of pyridine rings is 1. The average molecular weight is 287 g/mol. The highest BCUT2D eigenvalue weighted by atomic mass is 16.2. The molecule has 0 aromatic carbocycles. The zero-order valence-corrected chi connectivity index (χ0v) is 12.9. The third-order valence-electron chi connectivity index (χ3n) is 5.12. The van der Waals surface area contributed by atoms with Crippen molar-refractivity contribution in [3.05, 3.63) is 30.1 Å². The van der Waals surface area contributed by atoms with E-state index in [4.69, 9.17) is 0 Å². The predicted octanol–water partition coefficient (Wildman–Crippen LogP) is 2.45. The maximum absolute atomic E-state index is 12.1. The molecule has 4 nitrogen and oxygen atoms in total. The number of nitrogens with zero attached hydrogens (tertiary/aromatic N) is 3. The van der Waals surface area contributed by atoms with Gasteiger partial charge in [-0.25, -0.2) is 0 Å². The van der Waals surface area contributed by atoms with Gasteiger partial charge in [-0.1, -0.05) is 6.07 Å². The average Bonchev–Trinajstić information content (AvgIpc) is 2.68. The lowest BCUT2D eigenvalue weighted by Crippen LogP contribution is -2.46. The maximum atomic E-state index is 12.1. The van der Waals surface area contributed by atoms with Gasteiger partial charge in [-0.2, -0.15) is 0 Å². The van der Waals surface area contributed by atoms with E-state index in [1.54, 1.807) is 0 Å². The molecule has 2 aliphatic rings. The van der Waals surface area contributed by atoms with Crippen LogP contribution in [-0.4, -0.2) is 45.9 Å². The molecule has 114 valence electrons. The van der Waals surface area contributed by atoms with Crippen LogP contribution in [0.2, 0.25) is 0 Å². The molecule has 1 spiro atoms. The number of aromatic nitrogens is 1. The van der Waals surface area contributed by atoms with E-state index in [1.165, 1.54) is 6.42 Å². The molecule has 1 aromatic rings. The lowest BCUT2D eigenvalue weighted by atomic mass is 9.88. The van der Waals surface area contributed by atoms with Crippen LogP contribution in [0.5, 0.6) is 0 Å². The molecule has 3 rings (SSSR count). The number of likely N-dealkylation sites (tertiary alicyclic amines) is 2. The topological polar surface area (TPSA) is 36.4 Å². The highest BCUT2D eigenvalue weighted by Crippen LogP contribution is 2.38. The summed E-state index contributed by atoms with van der Waals surface area (Å²) in [5.41, 5.74) is 1.29. The highest BCUT2D eigenvalue weighted by molar-refractivity contribution is 5.79. The van der Waals surface area contributed by atoms with Gasteiger partial charge in [-0.15, -0.1) is 0 Å². The Morgan fingerprint density at radius 1 is 1.24 bits per heavy atom. The molecule has 2 aliphatic heterocycles. The molecule has 1 aromatic heterocycles. The lowest BCUT2D eigenvalue weighted by Gasteiger charge is -2.37. The van der Waals surface area contributed by atoms with Gasteiger partial charge in [0.15, 0.2) is 0 Å². The molecule has 21 heavy (non-hydrogen) atoms. The third-order valence-corrected chi connectivity index (χ3v) is 5.12. The fourth-order valence-electron chi connectivity index (χ4n) is 4.02. The Balaban J connectivity index is 1.65. The van der Waals surface area contributed by atoms with Crippen molar-refractivity contribution in [3.63, 3.8) is 0 Å². The van der Waals surface area contributed by atoms with Crippen LogP contribution in [0.3, 0.4) is 0 Å². The summed E-state index contributed by atoms with van der Waals surface area (Å²) in [6.45, 7) is 6.09. The second-order valence-corrected chi connectivity index (χ2v) is 6.31. The van der Waals surface area contributed by atoms with Crippen molar-refractivity contribution < 1.29 is 4.79 Å². The van der Waals surface area contributed by atoms with E-state index >= 15 is 0 Å². The molecule has 0 unspecified atom stereocenters. The largest absolute Gasteiger partial charge is 0.337 e. The van der Waals surface area contributed by atoms with Gasteiger partial charge in [0.05, 0.1) is 5.69 Å². The minimum Gasteiger partial charge on any atom is -0.337 e. The second-order valence-electron chi connectivity index (χ2n) is 6.31. The first-order valence-electron chi connectivity index (χ1n) is 8.16. The molecule has 3 heterocycles. The summed E-state index contributed by atoms with van der Waals surface area (Å²) in [6, 6.07) is 6.11. The van der Waals surface area contributed by atoms with Crippen LogP contribution in [-0.2, 0) is 11.3 Å². The summed E-state index contributed by atoms with van der Waals surface area (Å²) in [7, 11) is 0. The standard InChI is InChI=1S/C17H25N3O/c1-2-20-16(21)7-9-17(20)8-5-12-19(13-10-17)14-15-6-3-4-11-18-15/h3-4,6,11H,2,5,7-10,12-14H2,1H3/t17-/m0/s1. The van der Waals surface area contributed by atoms with Crippen LogP contribution in [0.25, 0.3) is 0 Å². The molecule has 1 amide bonds. The van der Waals surface area contributed by atoms with E-state index in [0.29, 0.717) is 5.91 Å². The molecule has 0 bridgehead atoms. The number of carbonyl (C=O) groups excluding carboxylic acids is 1. The van der Waals surface area contributed by atoms with Crippen LogP contribution in [0.4, 0.5) is 0 Å². The summed E-state index contributed by atoms with van der Waals surface area (Å²) >= 11 is 0. The van der Waals surface area contributed by atoms with Gasteiger partial charge in [0.25, 0.3) is 0 Å². The monoisotopic (exact) mass is 287 g/mol. The molecular weight excluding hydrogens is 262 g/mol. The zero-order valence-electron chi connectivity index (χ0n) is 12.9. The smallest absolute Gasteiger partial charge is 0.223 e. The Bertz CT molecular complexity index is 490. The van der Waals surface area contributed by atoms with Gasteiger partial charge in [-0.3, -0.25) is 14.7 Å². The molecule has 4 heteroatoms. The van der Waals surface area contributed by atoms with E-state index < -0.39 is 0 Å². The molecule has 0 aliphatic carbocycles. The SMILES string of the molecule is CCN1C(=O)CC[C@]12CCCN(Cc1ccccn1)CC2. The highest BCUT2D eigenvalue weighted by Gasteiger charge is 2.44. The summed E-state index contributed by atoms with van der Waals surface area (Å²) < 4.78 is 0. The molecule has 1 atom stereocenters. The van der Waals surface area contributed by atoms with Crippen molar-refractivity contribution in [2.24, 2.45) is 0 Å². The van der Waals surface area contributed by atoms with Gasteiger partial charge in [0.1, 0.15) is 0 Å². The summed E-state index contributed by atoms with van der Waals surface area (Å²) in [6.07, 6.45) is 7.11. The van der Waals surface area contributed by atoms with Gasteiger partial charge in [0.2, 0.25) is 5.91 Å². The third kappa shape index (κ3) is 2.95. The zero-order chi connectivity index (χ0) is 14.7. The first-order chi connectivity index (χ1) is 10.2. The van der Waals surface area contributed by atoms with Crippen molar-refractivity contribution in [1.82, 2.24) is 14.8 Å². The normalized spacial score (nSPS) is 27.3. The van der Waals surface area contributed by atoms with E-state index in [9.17, 15) is 4.79 Å². The Hall–Kier alpha value is -1.42. The van der Waals surface area contributed by atoms with E-state index in [0.717, 1.165) is 57.6 Å². The fraction of sp³-hybridized carbons (Fsp3) is 0.647. The van der Waals surface area contributed by atoms with Crippen LogP contribution in [0, 0.1) is 0 Å². The van der Waals surface area contributed by atoms with Crippen LogP contribution < -0.4 is 0 Å². The predicted molar refractivity (Wildman–Crippen MR) is 82.7 cm³/mol. The molecule has 2 fully saturated rings. The molecule has 2 saturated heterocycles. The number of hydrogen-bond donors (Lipinski definition) is 0. The Morgan fingerprint density at radius 2 is 2.14 bits per heavy atom. The lowest BCUT2D eigenvalue weighted by molar-refractivity contribution is -0.131. The number of amides is 1. The summed E-state index contributed by atoms with van der Waals surface area (Å²) in [5, 5.41) is 0. The molecule has 0 radical (unpaired) electrons. The van der Waals surface area contributed by atoms with Crippen LogP contribution in [0.1, 0.15) is 44.7 Å². The van der Waals surface area contributed by atoms with Crippen LogP contribution in [0.15, 0.2) is 24.4 Å². The van der Waals surface area contributed by atoms with E-state index in [1.807, 2.05) is 12.3 Å². The second kappa shape index (κ2) is 6.14. The quantitative estimate of drug-likeness (QED) is 0.857. The molecule has 0 N–H and O–H groups in total. The minimum absolute atomic E-state index is 0.144.